The Morgan fingerprint density at radius 3 is 2.30 bits per heavy atom. The summed E-state index contributed by atoms with van der Waals surface area (Å²) in [6, 6.07) is 17.3. The molecular formula is C35H37N5O7. The number of benzene rings is 2. The van der Waals surface area contributed by atoms with Gasteiger partial charge in [-0.15, -0.1) is 0 Å². The predicted molar refractivity (Wildman–Crippen MR) is 172 cm³/mol. The number of methoxy groups -OCH3 is 1. The van der Waals surface area contributed by atoms with Gasteiger partial charge in [-0.2, -0.15) is 5.10 Å². The van der Waals surface area contributed by atoms with Gasteiger partial charge in [0.1, 0.15) is 17.7 Å². The highest BCUT2D eigenvalue weighted by Crippen LogP contribution is 2.33. The van der Waals surface area contributed by atoms with Crippen molar-refractivity contribution in [3.05, 3.63) is 77.5 Å². The van der Waals surface area contributed by atoms with Crippen molar-refractivity contribution in [1.82, 2.24) is 24.6 Å². The molecule has 12 heteroatoms. The minimum Gasteiger partial charge on any atom is -0.472 e. The largest absolute Gasteiger partial charge is 0.472 e. The summed E-state index contributed by atoms with van der Waals surface area (Å²) in [7, 11) is 3.16. The fourth-order valence-electron chi connectivity index (χ4n) is 6.22. The number of hydrogen-bond acceptors (Lipinski definition) is 9. The average Bonchev–Trinajstić information content (AvgIpc) is 3.68. The molecule has 2 aromatic heterocycles. The van der Waals surface area contributed by atoms with E-state index < -0.39 is 29.8 Å². The van der Waals surface area contributed by atoms with Gasteiger partial charge in [0.2, 0.25) is 5.88 Å². The Bertz CT molecular complexity index is 1840. The number of amides is 3. The van der Waals surface area contributed by atoms with E-state index in [1.54, 1.807) is 51.1 Å². The molecule has 0 saturated carbocycles. The standard InChI is InChI=1S/C35H37N5O7/c1-35(2,3)47-34(44)40-20-21(19-28(40)33(43)45-5)46-29-17-9-14-25(36-29)24-13-8-15-26-30(24)27(38(4)37-26)16-10-18-39-31(41)22-11-6-7-12-23(22)32(39)42/h6-9,11-15,17,21,28H,10,16,18-20H2,1-5H3. The van der Waals surface area contributed by atoms with Gasteiger partial charge in [-0.25, -0.2) is 14.6 Å². The number of carbonyl (C=O) groups is 4. The molecule has 2 aromatic carbocycles. The van der Waals surface area contributed by atoms with Gasteiger partial charge in [0.15, 0.2) is 0 Å². The number of aryl methyl sites for hydroxylation is 2. The lowest BCUT2D eigenvalue weighted by Gasteiger charge is -2.27. The first-order valence-electron chi connectivity index (χ1n) is 15.6. The number of pyridine rings is 1. The number of hydrogen-bond donors (Lipinski definition) is 0. The van der Waals surface area contributed by atoms with Crippen molar-refractivity contribution in [1.29, 1.82) is 0 Å². The first kappa shape index (κ1) is 31.7. The molecule has 6 rings (SSSR count). The SMILES string of the molecule is COC(=O)C1CC(Oc2cccc(-c3cccc4nn(C)c(CCCN5C(=O)c6ccccc6C5=O)c34)n2)CN1C(=O)OC(C)(C)C. The molecule has 0 aliphatic carbocycles. The molecule has 2 aliphatic heterocycles. The third kappa shape index (κ3) is 6.27. The van der Waals surface area contributed by atoms with Crippen LogP contribution < -0.4 is 4.74 Å². The van der Waals surface area contributed by atoms with Crippen LogP contribution in [-0.4, -0.2) is 86.4 Å². The van der Waals surface area contributed by atoms with E-state index in [9.17, 15) is 19.2 Å². The second kappa shape index (κ2) is 12.5. The fraction of sp³-hybridized carbons (Fsp3) is 0.371. The number of fused-ring (bicyclic) bond motifs is 2. The number of esters is 1. The molecule has 0 bridgehead atoms. The van der Waals surface area contributed by atoms with E-state index in [1.165, 1.54) is 16.9 Å². The molecule has 12 nitrogen and oxygen atoms in total. The predicted octanol–water partition coefficient (Wildman–Crippen LogP) is 4.79. The van der Waals surface area contributed by atoms with E-state index in [0.717, 1.165) is 22.2 Å². The summed E-state index contributed by atoms with van der Waals surface area (Å²) >= 11 is 0. The van der Waals surface area contributed by atoms with Crippen LogP contribution in [0.1, 0.15) is 60.0 Å². The van der Waals surface area contributed by atoms with E-state index in [1.807, 2.05) is 42.1 Å². The average molecular weight is 640 g/mol. The van der Waals surface area contributed by atoms with Crippen molar-refractivity contribution in [3.63, 3.8) is 0 Å². The number of likely N-dealkylation sites (tertiary alicyclic amines) is 1. The zero-order valence-corrected chi connectivity index (χ0v) is 27.1. The zero-order chi connectivity index (χ0) is 33.5. The minimum absolute atomic E-state index is 0.135. The Morgan fingerprint density at radius 1 is 0.936 bits per heavy atom. The van der Waals surface area contributed by atoms with E-state index in [-0.39, 0.29) is 31.3 Å². The summed E-state index contributed by atoms with van der Waals surface area (Å²) in [6.45, 7) is 5.72. The Kier molecular flexibility index (Phi) is 8.43. The first-order chi connectivity index (χ1) is 22.4. The Hall–Kier alpha value is -5.26. The van der Waals surface area contributed by atoms with Gasteiger partial charge in [-0.3, -0.25) is 24.1 Å². The van der Waals surface area contributed by atoms with Crippen LogP contribution >= 0.6 is 0 Å². The van der Waals surface area contributed by atoms with Gasteiger partial charge in [0, 0.05) is 42.7 Å². The number of imide groups is 1. The normalized spacial score (nSPS) is 17.7. The van der Waals surface area contributed by atoms with Gasteiger partial charge in [-0.05, 0) is 57.9 Å². The second-order valence-electron chi connectivity index (χ2n) is 12.7. The second-order valence-corrected chi connectivity index (χ2v) is 12.7. The van der Waals surface area contributed by atoms with E-state index >= 15 is 0 Å². The lowest BCUT2D eigenvalue weighted by atomic mass is 10.0. The Balaban J connectivity index is 1.20. The monoisotopic (exact) mass is 639 g/mol. The maximum absolute atomic E-state index is 12.9. The smallest absolute Gasteiger partial charge is 0.411 e. The summed E-state index contributed by atoms with van der Waals surface area (Å²) in [5, 5.41) is 5.64. The van der Waals surface area contributed by atoms with Gasteiger partial charge >= 0.3 is 12.1 Å². The summed E-state index contributed by atoms with van der Waals surface area (Å²) < 4.78 is 18.5. The van der Waals surface area contributed by atoms with Crippen LogP contribution in [-0.2, 0) is 27.7 Å². The van der Waals surface area contributed by atoms with Crippen molar-refractivity contribution in [3.8, 4) is 17.1 Å². The minimum atomic E-state index is -0.838. The maximum atomic E-state index is 12.9. The van der Waals surface area contributed by atoms with Crippen molar-refractivity contribution < 1.29 is 33.4 Å². The maximum Gasteiger partial charge on any atom is 0.411 e. The molecule has 2 atom stereocenters. The molecule has 2 unspecified atom stereocenters. The summed E-state index contributed by atoms with van der Waals surface area (Å²) in [5.74, 6) is -0.731. The molecule has 47 heavy (non-hydrogen) atoms. The fourth-order valence-corrected chi connectivity index (χ4v) is 6.22. The van der Waals surface area contributed by atoms with Crippen LogP contribution in [0.2, 0.25) is 0 Å². The molecule has 244 valence electrons. The van der Waals surface area contributed by atoms with Gasteiger partial charge in [-0.1, -0.05) is 30.3 Å². The molecule has 3 amide bonds. The van der Waals surface area contributed by atoms with Gasteiger partial charge < -0.3 is 14.2 Å². The first-order valence-corrected chi connectivity index (χ1v) is 15.6. The Labute approximate surface area is 272 Å². The van der Waals surface area contributed by atoms with Gasteiger partial charge in [0.25, 0.3) is 11.8 Å². The van der Waals surface area contributed by atoms with Crippen molar-refractivity contribution in [2.75, 3.05) is 20.2 Å². The van der Waals surface area contributed by atoms with E-state index in [4.69, 9.17) is 24.3 Å². The number of aromatic nitrogens is 3. The third-order valence-corrected chi connectivity index (χ3v) is 8.30. The summed E-state index contributed by atoms with van der Waals surface area (Å²) in [4.78, 5) is 58.6. The number of carbonyl (C=O) groups excluding carboxylic acids is 4. The van der Waals surface area contributed by atoms with Crippen LogP contribution in [0, 0.1) is 0 Å². The number of nitrogens with zero attached hydrogens (tertiary/aromatic N) is 5. The van der Waals surface area contributed by atoms with Crippen molar-refractivity contribution in [2.24, 2.45) is 7.05 Å². The van der Waals surface area contributed by atoms with Crippen LogP contribution in [0.4, 0.5) is 4.79 Å². The summed E-state index contributed by atoms with van der Waals surface area (Å²) in [5.41, 5.74) is 3.40. The molecule has 0 radical (unpaired) electrons. The highest BCUT2D eigenvalue weighted by Gasteiger charge is 2.43. The zero-order valence-electron chi connectivity index (χ0n) is 27.1. The number of ether oxygens (including phenoxy) is 3. The lowest BCUT2D eigenvalue weighted by Crippen LogP contribution is -2.44. The molecular weight excluding hydrogens is 602 g/mol. The molecule has 1 saturated heterocycles. The van der Waals surface area contributed by atoms with Crippen LogP contribution in [0.5, 0.6) is 5.88 Å². The van der Waals surface area contributed by atoms with E-state index in [2.05, 4.69) is 0 Å². The number of rotatable bonds is 8. The molecule has 4 aromatic rings. The highest BCUT2D eigenvalue weighted by atomic mass is 16.6. The van der Waals surface area contributed by atoms with E-state index in [0.29, 0.717) is 35.5 Å². The molecule has 1 fully saturated rings. The molecule has 2 aliphatic rings. The highest BCUT2D eigenvalue weighted by molar-refractivity contribution is 6.21. The van der Waals surface area contributed by atoms with Crippen LogP contribution in [0.3, 0.4) is 0 Å². The Morgan fingerprint density at radius 2 is 1.62 bits per heavy atom. The molecule has 4 heterocycles. The molecule has 0 N–H and O–H groups in total. The quantitative estimate of drug-likeness (QED) is 0.197. The topological polar surface area (TPSA) is 133 Å². The van der Waals surface area contributed by atoms with Crippen LogP contribution in [0.15, 0.2) is 60.7 Å². The van der Waals surface area contributed by atoms with Gasteiger partial charge in [0.05, 0.1) is 36.0 Å². The summed E-state index contributed by atoms with van der Waals surface area (Å²) in [6.07, 6.45) is 0.237. The van der Waals surface area contributed by atoms with Crippen molar-refractivity contribution in [2.45, 2.75) is 57.8 Å². The van der Waals surface area contributed by atoms with Crippen molar-refractivity contribution >= 4 is 34.8 Å². The third-order valence-electron chi connectivity index (χ3n) is 8.30. The molecule has 0 spiro atoms. The lowest BCUT2D eigenvalue weighted by molar-refractivity contribution is -0.145. The van der Waals surface area contributed by atoms with Crippen LogP contribution in [0.25, 0.3) is 22.2 Å².